The zero-order valence-electron chi connectivity index (χ0n) is 11.8. The predicted molar refractivity (Wildman–Crippen MR) is 83.1 cm³/mol. The zero-order chi connectivity index (χ0) is 16.2. The highest BCUT2D eigenvalue weighted by atomic mass is 35.5. The molecule has 0 amide bonds. The van der Waals surface area contributed by atoms with E-state index in [1.54, 1.807) is 19.1 Å². The van der Waals surface area contributed by atoms with Crippen molar-refractivity contribution in [1.82, 2.24) is 4.72 Å². The highest BCUT2D eigenvalue weighted by Gasteiger charge is 2.20. The van der Waals surface area contributed by atoms with E-state index in [2.05, 4.69) is 4.72 Å². The summed E-state index contributed by atoms with van der Waals surface area (Å²) in [5.74, 6) is -0.261. The molecule has 0 aromatic heterocycles. The Labute approximate surface area is 133 Å². The molecule has 4 nitrogen and oxygen atoms in total. The van der Waals surface area contributed by atoms with E-state index in [1.807, 2.05) is 18.2 Å². The first kappa shape index (κ1) is 16.7. The van der Waals surface area contributed by atoms with Crippen LogP contribution in [-0.2, 0) is 10.0 Å². The molecule has 2 rings (SSSR count). The molecule has 1 unspecified atom stereocenters. The fourth-order valence-corrected chi connectivity index (χ4v) is 3.10. The number of hydrogen-bond donors (Lipinski definition) is 1. The van der Waals surface area contributed by atoms with E-state index < -0.39 is 26.8 Å². The Morgan fingerprint density at radius 3 is 2.55 bits per heavy atom. The minimum atomic E-state index is -3.96. The third kappa shape index (κ3) is 4.43. The van der Waals surface area contributed by atoms with Crippen LogP contribution < -0.4 is 9.46 Å². The lowest BCUT2D eigenvalue weighted by Gasteiger charge is -2.15. The number of halogens is 2. The fourth-order valence-electron chi connectivity index (χ4n) is 1.77. The molecule has 0 saturated carbocycles. The van der Waals surface area contributed by atoms with Crippen molar-refractivity contribution in [2.24, 2.45) is 0 Å². The summed E-state index contributed by atoms with van der Waals surface area (Å²) in [6.45, 7) is 1.73. The van der Waals surface area contributed by atoms with Crippen molar-refractivity contribution in [2.75, 3.05) is 6.54 Å². The normalized spacial score (nSPS) is 12.9. The van der Waals surface area contributed by atoms with E-state index in [0.29, 0.717) is 5.75 Å². The van der Waals surface area contributed by atoms with E-state index in [9.17, 15) is 12.8 Å². The molecule has 118 valence electrons. The van der Waals surface area contributed by atoms with Crippen molar-refractivity contribution >= 4 is 21.6 Å². The summed E-state index contributed by atoms with van der Waals surface area (Å²) >= 11 is 5.61. The molecule has 0 bridgehead atoms. The van der Waals surface area contributed by atoms with Crippen LogP contribution in [0, 0.1) is 5.82 Å². The van der Waals surface area contributed by atoms with Gasteiger partial charge in [0.25, 0.3) is 0 Å². The summed E-state index contributed by atoms with van der Waals surface area (Å²) in [5, 5.41) is 0.136. The molecular formula is C15H15ClFNO3S. The lowest BCUT2D eigenvalue weighted by atomic mass is 10.3. The Balaban J connectivity index is 2.00. The lowest BCUT2D eigenvalue weighted by Crippen LogP contribution is -2.34. The number of ether oxygens (including phenoxy) is 1. The van der Waals surface area contributed by atoms with Crippen molar-refractivity contribution in [3.63, 3.8) is 0 Å². The highest BCUT2D eigenvalue weighted by molar-refractivity contribution is 7.89. The van der Waals surface area contributed by atoms with Crippen LogP contribution in [0.15, 0.2) is 53.4 Å². The molecule has 0 aliphatic heterocycles. The van der Waals surface area contributed by atoms with E-state index in [0.717, 1.165) is 12.1 Å². The molecule has 0 aliphatic rings. The van der Waals surface area contributed by atoms with Gasteiger partial charge in [0.2, 0.25) is 10.0 Å². The number of hydrogen-bond acceptors (Lipinski definition) is 3. The summed E-state index contributed by atoms with van der Waals surface area (Å²) < 4.78 is 45.7. The van der Waals surface area contributed by atoms with Gasteiger partial charge in [0.1, 0.15) is 22.6 Å². The molecule has 2 aromatic rings. The average molecular weight is 344 g/mol. The van der Waals surface area contributed by atoms with Crippen LogP contribution in [0.4, 0.5) is 4.39 Å². The second-order valence-corrected chi connectivity index (χ2v) is 6.84. The monoisotopic (exact) mass is 343 g/mol. The SMILES string of the molecule is CC(CNS(=O)(=O)c1ccc(Cl)cc1F)Oc1ccccc1. The van der Waals surface area contributed by atoms with Gasteiger partial charge in [0.15, 0.2) is 0 Å². The molecule has 0 fully saturated rings. The standard InChI is InChI=1S/C15H15ClFNO3S/c1-11(21-13-5-3-2-4-6-13)10-18-22(19,20)15-8-7-12(16)9-14(15)17/h2-9,11,18H,10H2,1H3. The summed E-state index contributed by atoms with van der Waals surface area (Å²) in [6.07, 6.45) is -0.410. The van der Waals surface area contributed by atoms with Crippen molar-refractivity contribution in [1.29, 1.82) is 0 Å². The molecule has 1 N–H and O–H groups in total. The van der Waals surface area contributed by atoms with Gasteiger partial charge in [-0.05, 0) is 37.3 Å². The van der Waals surface area contributed by atoms with Gasteiger partial charge in [0, 0.05) is 11.6 Å². The molecule has 22 heavy (non-hydrogen) atoms. The maximum atomic E-state index is 13.7. The van der Waals surface area contributed by atoms with Crippen molar-refractivity contribution in [3.8, 4) is 5.75 Å². The van der Waals surface area contributed by atoms with Crippen molar-refractivity contribution in [2.45, 2.75) is 17.9 Å². The van der Waals surface area contributed by atoms with E-state index in [1.165, 1.54) is 6.07 Å². The predicted octanol–water partition coefficient (Wildman–Crippen LogP) is 3.22. The molecule has 7 heteroatoms. The Bertz CT molecular complexity index is 738. The van der Waals surface area contributed by atoms with Crippen molar-refractivity contribution in [3.05, 3.63) is 59.4 Å². The van der Waals surface area contributed by atoms with Gasteiger partial charge >= 0.3 is 0 Å². The first-order valence-electron chi connectivity index (χ1n) is 6.55. The van der Waals surface area contributed by atoms with E-state index in [4.69, 9.17) is 16.3 Å². The van der Waals surface area contributed by atoms with Crippen LogP contribution in [0.5, 0.6) is 5.75 Å². The van der Waals surface area contributed by atoms with Crippen LogP contribution in [0.2, 0.25) is 5.02 Å². The van der Waals surface area contributed by atoms with Gasteiger partial charge < -0.3 is 4.74 Å². The Morgan fingerprint density at radius 2 is 1.91 bits per heavy atom. The molecule has 0 heterocycles. The second-order valence-electron chi connectivity index (χ2n) is 4.67. The maximum absolute atomic E-state index is 13.7. The fraction of sp³-hybridized carbons (Fsp3) is 0.200. The summed E-state index contributed by atoms with van der Waals surface area (Å²) in [6, 6.07) is 12.4. The molecule has 0 aliphatic carbocycles. The van der Waals surface area contributed by atoms with E-state index in [-0.39, 0.29) is 11.6 Å². The van der Waals surface area contributed by atoms with Crippen LogP contribution in [0.3, 0.4) is 0 Å². The first-order valence-corrected chi connectivity index (χ1v) is 8.41. The molecule has 2 aromatic carbocycles. The first-order chi connectivity index (χ1) is 10.4. The second kappa shape index (κ2) is 7.09. The summed E-state index contributed by atoms with van der Waals surface area (Å²) in [7, 11) is -3.96. The quantitative estimate of drug-likeness (QED) is 0.876. The van der Waals surface area contributed by atoms with Gasteiger partial charge in [-0.3, -0.25) is 0 Å². The van der Waals surface area contributed by atoms with Crippen LogP contribution in [-0.4, -0.2) is 21.1 Å². The Hall–Kier alpha value is -1.63. The third-order valence-corrected chi connectivity index (χ3v) is 4.52. The highest BCUT2D eigenvalue weighted by Crippen LogP contribution is 2.19. The minimum absolute atomic E-state index is 0.0132. The zero-order valence-corrected chi connectivity index (χ0v) is 13.4. The maximum Gasteiger partial charge on any atom is 0.243 e. The van der Waals surface area contributed by atoms with Crippen LogP contribution in [0.25, 0.3) is 0 Å². The molecule has 0 radical (unpaired) electrons. The molecule has 0 saturated heterocycles. The molecule has 1 atom stereocenters. The number of rotatable bonds is 6. The Morgan fingerprint density at radius 1 is 1.23 bits per heavy atom. The number of benzene rings is 2. The summed E-state index contributed by atoms with van der Waals surface area (Å²) in [5.41, 5.74) is 0. The largest absolute Gasteiger partial charge is 0.489 e. The minimum Gasteiger partial charge on any atom is -0.489 e. The van der Waals surface area contributed by atoms with Crippen molar-refractivity contribution < 1.29 is 17.5 Å². The van der Waals surface area contributed by atoms with Gasteiger partial charge in [0.05, 0.1) is 0 Å². The number of nitrogens with one attached hydrogen (secondary N) is 1. The van der Waals surface area contributed by atoms with E-state index >= 15 is 0 Å². The van der Waals surface area contributed by atoms with Gasteiger partial charge in [-0.25, -0.2) is 17.5 Å². The number of sulfonamides is 1. The third-order valence-electron chi connectivity index (χ3n) is 2.82. The van der Waals surface area contributed by atoms with Gasteiger partial charge in [-0.2, -0.15) is 0 Å². The van der Waals surface area contributed by atoms with Crippen LogP contribution >= 0.6 is 11.6 Å². The molecular weight excluding hydrogens is 329 g/mol. The van der Waals surface area contributed by atoms with Gasteiger partial charge in [-0.15, -0.1) is 0 Å². The van der Waals surface area contributed by atoms with Gasteiger partial charge in [-0.1, -0.05) is 29.8 Å². The lowest BCUT2D eigenvalue weighted by molar-refractivity contribution is 0.225. The smallest absolute Gasteiger partial charge is 0.243 e. The Kier molecular flexibility index (Phi) is 5.39. The molecule has 0 spiro atoms. The number of para-hydroxylation sites is 1. The average Bonchev–Trinajstić information content (AvgIpc) is 2.46. The summed E-state index contributed by atoms with van der Waals surface area (Å²) in [4.78, 5) is -0.441. The topological polar surface area (TPSA) is 55.4 Å². The van der Waals surface area contributed by atoms with Crippen LogP contribution in [0.1, 0.15) is 6.92 Å².